The number of hydrogen-bond donors (Lipinski definition) is 13. The van der Waals surface area contributed by atoms with E-state index in [1.165, 1.54) is 0 Å². The van der Waals surface area contributed by atoms with Crippen LogP contribution in [0.1, 0.15) is 0 Å². The second kappa shape index (κ2) is 33.5. The molecule has 0 aromatic heterocycles. The standard InChI is InChI=1S/C2H8N2.4CH6O6P2.5Na/c3-1-2-4;4*2-8(3,4)1-9(5,6)7;;;;;/h1-4H2;4*1H2,(H2,2,3,4)(H2,5,6,7);;;;;/q;;;;;5*+1/p-5. The van der Waals surface area contributed by atoms with Gasteiger partial charge in [0, 0.05) is 19.0 Å². The average Bonchev–Trinajstić information content (AvgIpc) is 2.41. The first kappa shape index (κ1) is 75.9. The van der Waals surface area contributed by atoms with Crippen molar-refractivity contribution in [1.82, 2.24) is 0 Å². The van der Waals surface area contributed by atoms with Crippen LogP contribution in [0.2, 0.25) is 0 Å². The van der Waals surface area contributed by atoms with E-state index in [0.717, 1.165) is 0 Å². The van der Waals surface area contributed by atoms with Crippen molar-refractivity contribution in [1.29, 1.82) is 0 Å². The van der Waals surface area contributed by atoms with Crippen LogP contribution in [0.3, 0.4) is 0 Å². The van der Waals surface area contributed by atoms with Crippen molar-refractivity contribution in [2.24, 2.45) is 11.5 Å². The Labute approximate surface area is 366 Å². The van der Waals surface area contributed by atoms with Gasteiger partial charge in [-0.1, -0.05) is 15.2 Å². The van der Waals surface area contributed by atoms with Gasteiger partial charge >= 0.3 is 186 Å². The third-order valence-electron chi connectivity index (χ3n) is 1.61. The molecule has 0 saturated carbocycles. The minimum absolute atomic E-state index is 0. The predicted molar refractivity (Wildman–Crippen MR) is 123 cm³/mol. The van der Waals surface area contributed by atoms with Gasteiger partial charge < -0.3 is 103 Å². The van der Waals surface area contributed by atoms with Gasteiger partial charge in [-0.3, -0.25) is 22.8 Å². The van der Waals surface area contributed by atoms with Crippen LogP contribution < -0.4 is 184 Å². The van der Waals surface area contributed by atoms with E-state index in [0.29, 0.717) is 13.1 Å². The third kappa shape index (κ3) is 120. The molecule has 0 amide bonds. The van der Waals surface area contributed by atoms with Gasteiger partial charge in [-0.25, -0.2) is 0 Å². The number of rotatable bonds is 9. The largest absolute Gasteiger partial charge is 1.00 e. The SMILES string of the molecule is NCCN.O=P(O)(O)CP(=O)(O)O.O=P(O)(O)CP(=O)(O)O.O=P([O-])(O)CP(=O)(O)O.O=P([O-])([O-])CP(=O)([O-])[O-].[Na+].[Na+].[Na+].[Na+].[Na+]. The minimum Gasteiger partial charge on any atom is -0.810 e. The van der Waals surface area contributed by atoms with E-state index in [4.69, 9.17) is 65.3 Å². The van der Waals surface area contributed by atoms with Gasteiger partial charge in [0.1, 0.15) is 13.5 Å². The molecule has 0 aliphatic carbocycles. The van der Waals surface area contributed by atoms with Gasteiger partial charge in [-0.2, -0.15) is 0 Å². The van der Waals surface area contributed by atoms with Gasteiger partial charge in [-0.15, -0.1) is 0 Å². The first-order valence-corrected chi connectivity index (χ1v) is 22.6. The summed E-state index contributed by atoms with van der Waals surface area (Å²) in [6, 6.07) is 0. The van der Waals surface area contributed by atoms with Gasteiger partial charge in [0.15, 0.2) is 11.8 Å². The van der Waals surface area contributed by atoms with Crippen molar-refractivity contribution in [3.63, 3.8) is 0 Å². The molecule has 0 bridgehead atoms. The summed E-state index contributed by atoms with van der Waals surface area (Å²) in [5.41, 5.74) is 9.81. The van der Waals surface area contributed by atoms with Crippen LogP contribution in [0.15, 0.2) is 0 Å². The molecule has 1 atom stereocenters. The summed E-state index contributed by atoms with van der Waals surface area (Å²) >= 11 is 0. The Morgan fingerprint density at radius 1 is 0.356 bits per heavy atom. The van der Waals surface area contributed by atoms with Crippen LogP contribution in [0.5, 0.6) is 0 Å². The minimum atomic E-state index is -5.18. The zero-order valence-electron chi connectivity index (χ0n) is 24.2. The normalized spacial score (nSPS) is 12.8. The number of hydrogen-bond acceptors (Lipinski definition) is 15. The van der Waals surface area contributed by atoms with E-state index >= 15 is 0 Å². The summed E-state index contributed by atoms with van der Waals surface area (Å²) in [7, 11) is -38.0. The molecule has 39 heteroatoms. The van der Waals surface area contributed by atoms with Crippen molar-refractivity contribution >= 4 is 60.8 Å². The molecule has 0 aromatic rings. The Morgan fingerprint density at radius 2 is 0.511 bits per heavy atom. The molecule has 0 aromatic carbocycles. The van der Waals surface area contributed by atoms with Crippen molar-refractivity contribution in [3.8, 4) is 0 Å². The van der Waals surface area contributed by atoms with Gasteiger partial charge in [-0.05, 0) is 0 Å². The molecule has 0 aliphatic heterocycles. The van der Waals surface area contributed by atoms with Crippen molar-refractivity contribution in [3.05, 3.63) is 0 Å². The molecule has 0 radical (unpaired) electrons. The zero-order valence-corrected chi connectivity index (χ0v) is 41.4. The summed E-state index contributed by atoms with van der Waals surface area (Å²) in [6.07, 6.45) is 0. The van der Waals surface area contributed by atoms with E-state index in [1.54, 1.807) is 0 Å². The fourth-order valence-corrected chi connectivity index (χ4v) is 8.32. The monoisotopic (exact) mass is 874 g/mol. The molecule has 0 saturated heterocycles. The average molecular weight is 874 g/mol. The Morgan fingerprint density at radius 3 is 0.511 bits per heavy atom. The first-order valence-electron chi connectivity index (χ1n) is 8.42. The quantitative estimate of drug-likeness (QED) is 0.0755. The van der Waals surface area contributed by atoms with Crippen LogP contribution in [0, 0.1) is 0 Å². The fourth-order valence-electron chi connectivity index (χ4n) is 0.925. The van der Waals surface area contributed by atoms with Crippen molar-refractivity contribution in [2.45, 2.75) is 0 Å². The topological polar surface area (TPSA) is 526 Å². The van der Waals surface area contributed by atoms with Gasteiger partial charge in [0.25, 0.3) is 0 Å². The number of nitrogens with two attached hydrogens (primary N) is 2. The van der Waals surface area contributed by atoms with Crippen LogP contribution in [-0.4, -0.2) is 90.5 Å². The molecule has 0 aliphatic rings. The van der Waals surface area contributed by atoms with E-state index in [-0.39, 0.29) is 148 Å². The second-order valence-electron chi connectivity index (χ2n) is 6.33. The molecule has 0 heterocycles. The molecule has 0 spiro atoms. The Balaban J connectivity index is -0.0000000421. The Hall–Kier alpha value is 6.12. The molecule has 15 N–H and O–H groups in total. The maximum Gasteiger partial charge on any atom is 1.00 e. The summed E-state index contributed by atoms with van der Waals surface area (Å²) < 4.78 is 78.0. The molecule has 45 heavy (non-hydrogen) atoms. The van der Waals surface area contributed by atoms with Gasteiger partial charge in [0.05, 0.1) is 0 Å². The molecule has 250 valence electrons. The molecule has 0 rings (SSSR count). The molecule has 1 unspecified atom stereocenters. The summed E-state index contributed by atoms with van der Waals surface area (Å²) in [5.74, 6) is -6.06. The smallest absolute Gasteiger partial charge is 0.810 e. The Kier molecular flexibility index (Phi) is 56.5. The maximum absolute atomic E-state index is 9.85. The first-order chi connectivity index (χ1) is 16.7. The Bertz CT molecular complexity index is 843. The van der Waals surface area contributed by atoms with Crippen LogP contribution >= 0.6 is 60.8 Å². The summed E-state index contributed by atoms with van der Waals surface area (Å²) in [4.78, 5) is 135. The summed E-state index contributed by atoms with van der Waals surface area (Å²) in [5, 5.41) is 0. The predicted octanol–water partition coefficient (Wildman–Crippen LogP) is -22.0. The van der Waals surface area contributed by atoms with E-state index in [1.807, 2.05) is 0 Å². The van der Waals surface area contributed by atoms with Crippen molar-refractivity contribution in [2.75, 3.05) is 36.7 Å². The van der Waals surface area contributed by atoms with E-state index < -0.39 is 84.4 Å². The maximum atomic E-state index is 9.85. The molecular weight excluding hydrogens is 847 g/mol. The van der Waals surface area contributed by atoms with Crippen LogP contribution in [-0.2, 0) is 36.5 Å². The zero-order chi connectivity index (χ0) is 34.2. The van der Waals surface area contributed by atoms with Gasteiger partial charge in [0.2, 0.25) is 0 Å². The van der Waals surface area contributed by atoms with Crippen LogP contribution in [0.25, 0.3) is 0 Å². The molecule has 0 fully saturated rings. The fraction of sp³-hybridized carbons (Fsp3) is 1.00. The van der Waals surface area contributed by atoms with E-state index in [2.05, 4.69) is 0 Å². The summed E-state index contributed by atoms with van der Waals surface area (Å²) in [6.45, 7) is 1.19. The third-order valence-corrected chi connectivity index (χ3v) is 13.2. The van der Waals surface area contributed by atoms with Crippen molar-refractivity contribution < 1.29 is 263 Å². The van der Waals surface area contributed by atoms with Crippen LogP contribution in [0.4, 0.5) is 0 Å². The molecule has 26 nitrogen and oxygen atoms in total. The van der Waals surface area contributed by atoms with E-state index in [9.17, 15) is 61.0 Å². The second-order valence-corrected chi connectivity index (χ2v) is 21.2. The molecular formula is C6H27N2Na5O24P8.